The molecule has 0 aliphatic rings. The molecule has 0 aromatic heterocycles. The Balaban J connectivity index is 1.49. The number of hydrogen-bond acceptors (Lipinski definition) is 7. The standard InChI is InChI=1S/C24H23N5O5S/c1-2-34-21-11-13-22(14-12-21)35(32,33)29-20-9-5-18(6-10-20)24(31)28-27-23(30)16-26-19-7-3-17(15-25)4-8-19/h3-14,26,29H,2,16H2,1H3,(H,27,30)(H,28,31). The molecule has 0 saturated carbocycles. The van der Waals surface area contributed by atoms with Crippen molar-refractivity contribution in [1.82, 2.24) is 10.9 Å². The summed E-state index contributed by atoms with van der Waals surface area (Å²) in [6.45, 7) is 2.21. The zero-order valence-electron chi connectivity index (χ0n) is 18.7. The van der Waals surface area contributed by atoms with E-state index >= 15 is 0 Å². The third kappa shape index (κ3) is 7.21. The monoisotopic (exact) mass is 493 g/mol. The van der Waals surface area contributed by atoms with E-state index < -0.39 is 21.8 Å². The molecular weight excluding hydrogens is 470 g/mol. The summed E-state index contributed by atoms with van der Waals surface area (Å²) >= 11 is 0. The van der Waals surface area contributed by atoms with Crippen LogP contribution in [0.1, 0.15) is 22.8 Å². The summed E-state index contributed by atoms with van der Waals surface area (Å²) in [5, 5.41) is 11.7. The lowest BCUT2D eigenvalue weighted by Crippen LogP contribution is -2.44. The molecule has 0 spiro atoms. The smallest absolute Gasteiger partial charge is 0.269 e. The van der Waals surface area contributed by atoms with Crippen LogP contribution in [0.5, 0.6) is 5.75 Å². The minimum absolute atomic E-state index is 0.0695. The maximum atomic E-state index is 12.6. The Labute approximate surface area is 202 Å². The van der Waals surface area contributed by atoms with Gasteiger partial charge in [-0.25, -0.2) is 8.42 Å². The highest BCUT2D eigenvalue weighted by Crippen LogP contribution is 2.19. The summed E-state index contributed by atoms with van der Waals surface area (Å²) in [5.41, 5.74) is 6.21. The number of anilines is 2. The fraction of sp³-hybridized carbons (Fsp3) is 0.125. The zero-order valence-corrected chi connectivity index (χ0v) is 19.6. The number of rotatable bonds is 9. The van der Waals surface area contributed by atoms with E-state index in [9.17, 15) is 18.0 Å². The van der Waals surface area contributed by atoms with Gasteiger partial charge in [0.2, 0.25) is 0 Å². The highest BCUT2D eigenvalue weighted by atomic mass is 32.2. The van der Waals surface area contributed by atoms with Gasteiger partial charge in [-0.3, -0.25) is 25.2 Å². The van der Waals surface area contributed by atoms with Gasteiger partial charge < -0.3 is 10.1 Å². The Kier molecular flexibility index (Phi) is 8.26. The predicted molar refractivity (Wildman–Crippen MR) is 130 cm³/mol. The number of hydrogen-bond donors (Lipinski definition) is 4. The second-order valence-electron chi connectivity index (χ2n) is 7.13. The lowest BCUT2D eigenvalue weighted by Gasteiger charge is -2.11. The van der Waals surface area contributed by atoms with Crippen LogP contribution >= 0.6 is 0 Å². The van der Waals surface area contributed by atoms with Gasteiger partial charge in [-0.05, 0) is 79.7 Å². The second-order valence-corrected chi connectivity index (χ2v) is 8.81. The molecule has 0 heterocycles. The Bertz CT molecular complexity index is 1320. The van der Waals surface area contributed by atoms with Gasteiger partial charge in [-0.2, -0.15) is 5.26 Å². The summed E-state index contributed by atoms with van der Waals surface area (Å²) in [4.78, 5) is 24.3. The molecule has 0 unspecified atom stereocenters. The Morgan fingerprint density at radius 2 is 1.51 bits per heavy atom. The molecule has 0 aliphatic heterocycles. The lowest BCUT2D eigenvalue weighted by atomic mass is 10.2. The van der Waals surface area contributed by atoms with Crippen molar-refractivity contribution >= 4 is 33.2 Å². The number of sulfonamides is 1. The number of nitrogens with zero attached hydrogens (tertiary/aromatic N) is 1. The quantitative estimate of drug-likeness (QED) is 0.335. The first-order valence-corrected chi connectivity index (χ1v) is 12.0. The molecule has 10 nitrogen and oxygen atoms in total. The normalized spacial score (nSPS) is 10.5. The zero-order chi connectivity index (χ0) is 25.3. The van der Waals surface area contributed by atoms with Crippen molar-refractivity contribution in [1.29, 1.82) is 5.26 Å². The van der Waals surface area contributed by atoms with Crippen LogP contribution in [-0.2, 0) is 14.8 Å². The summed E-state index contributed by atoms with van der Waals surface area (Å²) in [6.07, 6.45) is 0. The fourth-order valence-electron chi connectivity index (χ4n) is 2.87. The van der Waals surface area contributed by atoms with Crippen LogP contribution in [0.3, 0.4) is 0 Å². The summed E-state index contributed by atoms with van der Waals surface area (Å²) < 4.78 is 32.9. The third-order valence-electron chi connectivity index (χ3n) is 4.63. The topological polar surface area (TPSA) is 149 Å². The van der Waals surface area contributed by atoms with Gasteiger partial charge in [0.1, 0.15) is 5.75 Å². The maximum Gasteiger partial charge on any atom is 0.269 e. The minimum Gasteiger partial charge on any atom is -0.494 e. The van der Waals surface area contributed by atoms with E-state index in [0.717, 1.165) is 0 Å². The van der Waals surface area contributed by atoms with Gasteiger partial charge in [0, 0.05) is 16.9 Å². The van der Waals surface area contributed by atoms with Gasteiger partial charge in [0.15, 0.2) is 0 Å². The molecule has 0 fully saturated rings. The van der Waals surface area contributed by atoms with Crippen LogP contribution in [-0.4, -0.2) is 33.4 Å². The average Bonchev–Trinajstić information content (AvgIpc) is 2.87. The van der Waals surface area contributed by atoms with Crippen LogP contribution < -0.4 is 25.6 Å². The molecule has 180 valence electrons. The van der Waals surface area contributed by atoms with E-state index in [-0.39, 0.29) is 22.7 Å². The van der Waals surface area contributed by atoms with Crippen LogP contribution in [0, 0.1) is 11.3 Å². The molecule has 0 bridgehead atoms. The van der Waals surface area contributed by atoms with Gasteiger partial charge in [0.25, 0.3) is 21.8 Å². The number of amides is 2. The van der Waals surface area contributed by atoms with Crippen LogP contribution in [0.4, 0.5) is 11.4 Å². The number of hydrazine groups is 1. The van der Waals surface area contributed by atoms with Crippen molar-refractivity contribution in [2.45, 2.75) is 11.8 Å². The maximum absolute atomic E-state index is 12.6. The predicted octanol–water partition coefficient (Wildman–Crippen LogP) is 2.63. The van der Waals surface area contributed by atoms with Crippen molar-refractivity contribution in [2.24, 2.45) is 0 Å². The molecular formula is C24H23N5O5S. The van der Waals surface area contributed by atoms with E-state index in [4.69, 9.17) is 10.00 Å². The molecule has 0 aliphatic carbocycles. The lowest BCUT2D eigenvalue weighted by molar-refractivity contribution is -0.120. The molecule has 2 amide bonds. The summed E-state index contributed by atoms with van der Waals surface area (Å²) in [7, 11) is -3.82. The second kappa shape index (κ2) is 11.5. The van der Waals surface area contributed by atoms with Crippen molar-refractivity contribution in [3.63, 3.8) is 0 Å². The number of nitriles is 1. The first-order chi connectivity index (χ1) is 16.8. The van der Waals surface area contributed by atoms with E-state index in [1.54, 1.807) is 36.4 Å². The molecule has 0 radical (unpaired) electrons. The number of benzene rings is 3. The van der Waals surface area contributed by atoms with Crippen LogP contribution in [0.25, 0.3) is 0 Å². The van der Waals surface area contributed by atoms with E-state index in [1.807, 2.05) is 13.0 Å². The molecule has 3 aromatic rings. The van der Waals surface area contributed by atoms with Crippen LogP contribution in [0.15, 0.2) is 77.7 Å². The van der Waals surface area contributed by atoms with Gasteiger partial charge in [0.05, 0.1) is 29.7 Å². The minimum atomic E-state index is -3.82. The molecule has 3 rings (SSSR count). The Morgan fingerprint density at radius 3 is 2.11 bits per heavy atom. The van der Waals surface area contributed by atoms with Crippen LogP contribution in [0.2, 0.25) is 0 Å². The van der Waals surface area contributed by atoms with Gasteiger partial charge in [-0.1, -0.05) is 0 Å². The van der Waals surface area contributed by atoms with Gasteiger partial charge >= 0.3 is 0 Å². The number of carbonyl (C=O) groups is 2. The molecule has 3 aromatic carbocycles. The van der Waals surface area contributed by atoms with Crippen molar-refractivity contribution < 1.29 is 22.7 Å². The first-order valence-electron chi connectivity index (χ1n) is 10.5. The molecule has 4 N–H and O–H groups in total. The van der Waals surface area contributed by atoms with Crippen molar-refractivity contribution in [2.75, 3.05) is 23.2 Å². The molecule has 0 saturated heterocycles. The highest BCUT2D eigenvalue weighted by molar-refractivity contribution is 7.92. The average molecular weight is 494 g/mol. The number of carbonyl (C=O) groups excluding carboxylic acids is 2. The number of ether oxygens (including phenoxy) is 1. The van der Waals surface area contributed by atoms with Crippen molar-refractivity contribution in [3.05, 3.63) is 83.9 Å². The molecule has 35 heavy (non-hydrogen) atoms. The third-order valence-corrected chi connectivity index (χ3v) is 6.02. The molecule has 0 atom stereocenters. The Morgan fingerprint density at radius 1 is 0.886 bits per heavy atom. The van der Waals surface area contributed by atoms with E-state index in [0.29, 0.717) is 23.6 Å². The fourth-order valence-corrected chi connectivity index (χ4v) is 3.93. The molecule has 11 heteroatoms. The largest absolute Gasteiger partial charge is 0.494 e. The highest BCUT2D eigenvalue weighted by Gasteiger charge is 2.15. The Hall–Kier alpha value is -4.56. The summed E-state index contributed by atoms with van der Waals surface area (Å²) in [6, 6.07) is 20.3. The van der Waals surface area contributed by atoms with E-state index in [2.05, 4.69) is 20.9 Å². The first kappa shape index (κ1) is 25.1. The van der Waals surface area contributed by atoms with Gasteiger partial charge in [-0.15, -0.1) is 0 Å². The summed E-state index contributed by atoms with van der Waals surface area (Å²) in [5.74, 6) is -0.487. The van der Waals surface area contributed by atoms with E-state index in [1.165, 1.54) is 36.4 Å². The number of nitrogens with one attached hydrogen (secondary N) is 4. The SMILES string of the molecule is CCOc1ccc(S(=O)(=O)Nc2ccc(C(=O)NNC(=O)CNc3ccc(C#N)cc3)cc2)cc1. The van der Waals surface area contributed by atoms with Crippen molar-refractivity contribution in [3.8, 4) is 11.8 Å².